The van der Waals surface area contributed by atoms with Gasteiger partial charge in [-0.1, -0.05) is 29.4 Å². The Morgan fingerprint density at radius 1 is 1.18 bits per heavy atom. The van der Waals surface area contributed by atoms with Crippen LogP contribution in [0.4, 0.5) is 5.82 Å². The maximum absolute atomic E-state index is 12.3. The van der Waals surface area contributed by atoms with Crippen molar-refractivity contribution in [2.75, 3.05) is 18.0 Å². The number of carbonyl (C=O) groups is 1. The molecule has 0 aliphatic carbocycles. The molecular weight excluding hydrogens is 354 g/mol. The van der Waals surface area contributed by atoms with E-state index in [9.17, 15) is 4.79 Å². The van der Waals surface area contributed by atoms with E-state index in [-0.39, 0.29) is 5.91 Å². The van der Waals surface area contributed by atoms with E-state index in [2.05, 4.69) is 20.4 Å². The normalized spacial score (nSPS) is 14.0. The number of carbonyl (C=O) groups excluding carboxylic acids is 1. The molecule has 0 atom stereocenters. The largest absolute Gasteiger partial charge is 0.356 e. The minimum Gasteiger partial charge on any atom is -0.356 e. The Morgan fingerprint density at radius 2 is 1.96 bits per heavy atom. The van der Waals surface area contributed by atoms with Gasteiger partial charge in [0.1, 0.15) is 17.0 Å². The molecule has 1 fully saturated rings. The number of amides is 1. The number of benzene rings is 1. The van der Waals surface area contributed by atoms with Crippen molar-refractivity contribution < 1.29 is 9.32 Å². The first-order chi connectivity index (χ1) is 13.6. The monoisotopic (exact) mass is 379 g/mol. The highest BCUT2D eigenvalue weighted by atomic mass is 16.5. The van der Waals surface area contributed by atoms with Crippen LogP contribution in [0.15, 0.2) is 28.8 Å². The van der Waals surface area contributed by atoms with E-state index >= 15 is 0 Å². The number of hydrogen-bond acceptors (Lipinski definition) is 6. The smallest absolute Gasteiger partial charge is 0.263 e. The summed E-state index contributed by atoms with van der Waals surface area (Å²) in [6.45, 7) is 6.45. The van der Waals surface area contributed by atoms with Crippen molar-refractivity contribution in [3.63, 3.8) is 0 Å². The van der Waals surface area contributed by atoms with Gasteiger partial charge < -0.3 is 14.7 Å². The summed E-state index contributed by atoms with van der Waals surface area (Å²) in [5, 5.41) is 7.92. The van der Waals surface area contributed by atoms with Crippen LogP contribution < -0.4 is 10.2 Å². The highest BCUT2D eigenvalue weighted by Gasteiger charge is 2.22. The van der Waals surface area contributed by atoms with Crippen LogP contribution >= 0.6 is 0 Å². The van der Waals surface area contributed by atoms with Crippen LogP contribution in [0.1, 0.15) is 41.9 Å². The number of aromatic nitrogens is 3. The zero-order valence-electron chi connectivity index (χ0n) is 16.4. The molecule has 0 unspecified atom stereocenters. The predicted molar refractivity (Wildman–Crippen MR) is 107 cm³/mol. The van der Waals surface area contributed by atoms with Crippen LogP contribution in [-0.4, -0.2) is 34.1 Å². The summed E-state index contributed by atoms with van der Waals surface area (Å²) in [4.78, 5) is 23.8. The quantitative estimate of drug-likeness (QED) is 0.708. The molecule has 146 valence electrons. The van der Waals surface area contributed by atoms with Crippen LogP contribution in [-0.2, 0) is 17.8 Å². The molecule has 7 heteroatoms. The first-order valence-corrected chi connectivity index (χ1v) is 9.81. The van der Waals surface area contributed by atoms with Gasteiger partial charge in [-0.3, -0.25) is 4.79 Å². The number of fused-ring (bicyclic) bond motifs is 1. The number of rotatable bonds is 6. The van der Waals surface area contributed by atoms with E-state index in [4.69, 9.17) is 9.51 Å². The summed E-state index contributed by atoms with van der Waals surface area (Å²) in [5.41, 5.74) is 3.61. The summed E-state index contributed by atoms with van der Waals surface area (Å²) in [5.74, 6) is 1.50. The molecule has 0 spiro atoms. The van der Waals surface area contributed by atoms with Crippen LogP contribution in [0.5, 0.6) is 0 Å². The Bertz CT molecular complexity index is 992. The molecule has 1 saturated heterocycles. The zero-order chi connectivity index (χ0) is 19.5. The van der Waals surface area contributed by atoms with Crippen molar-refractivity contribution in [3.05, 3.63) is 46.9 Å². The Balaban J connectivity index is 1.44. The fourth-order valence-electron chi connectivity index (χ4n) is 3.60. The van der Waals surface area contributed by atoms with Gasteiger partial charge in [-0.25, -0.2) is 4.98 Å². The molecule has 1 aliphatic heterocycles. The summed E-state index contributed by atoms with van der Waals surface area (Å²) < 4.78 is 5.39. The van der Waals surface area contributed by atoms with Gasteiger partial charge >= 0.3 is 0 Å². The molecule has 1 amide bonds. The molecule has 3 aromatic rings. The molecule has 3 heterocycles. The highest BCUT2D eigenvalue weighted by molar-refractivity contribution is 5.88. The Labute approximate surface area is 164 Å². The van der Waals surface area contributed by atoms with Gasteiger partial charge in [0.15, 0.2) is 0 Å². The van der Waals surface area contributed by atoms with E-state index in [1.807, 2.05) is 38.1 Å². The second-order valence-electron chi connectivity index (χ2n) is 7.31. The van der Waals surface area contributed by atoms with E-state index in [1.165, 1.54) is 5.56 Å². The van der Waals surface area contributed by atoms with Gasteiger partial charge in [0.05, 0.1) is 5.69 Å². The lowest BCUT2D eigenvalue weighted by Crippen LogP contribution is -2.24. The van der Waals surface area contributed by atoms with Crippen molar-refractivity contribution in [2.45, 2.75) is 46.1 Å². The third kappa shape index (κ3) is 3.83. The summed E-state index contributed by atoms with van der Waals surface area (Å²) in [7, 11) is 0. The molecule has 0 saturated carbocycles. The molecule has 0 bridgehead atoms. The van der Waals surface area contributed by atoms with Crippen LogP contribution in [0, 0.1) is 13.8 Å². The first kappa shape index (κ1) is 18.4. The van der Waals surface area contributed by atoms with Crippen molar-refractivity contribution in [1.29, 1.82) is 0 Å². The van der Waals surface area contributed by atoms with Gasteiger partial charge in [0.2, 0.25) is 5.91 Å². The third-order valence-corrected chi connectivity index (χ3v) is 5.25. The zero-order valence-corrected chi connectivity index (χ0v) is 16.4. The second-order valence-corrected chi connectivity index (χ2v) is 7.31. The van der Waals surface area contributed by atoms with Crippen molar-refractivity contribution >= 4 is 22.8 Å². The van der Waals surface area contributed by atoms with Crippen molar-refractivity contribution in [1.82, 2.24) is 20.4 Å². The molecule has 2 aromatic heterocycles. The average Bonchev–Trinajstić information content (AvgIpc) is 3.36. The molecular formula is C21H25N5O2. The molecule has 4 rings (SSSR count). The van der Waals surface area contributed by atoms with Crippen LogP contribution in [0.3, 0.4) is 0 Å². The molecule has 1 aromatic carbocycles. The fourth-order valence-corrected chi connectivity index (χ4v) is 3.60. The Hall–Kier alpha value is -2.96. The number of nitrogens with one attached hydrogen (secondary N) is 1. The summed E-state index contributed by atoms with van der Waals surface area (Å²) >= 11 is 0. The standard InChI is InChI=1S/C21H25N5O2/c1-14-7-3-4-8-16(14)13-22-18(27)10-9-17-23-20(26-11-5-6-12-26)19-15(2)25-28-21(19)24-17/h3-4,7-8H,5-6,9-13H2,1-2H3,(H,22,27). The van der Waals surface area contributed by atoms with Gasteiger partial charge in [0.25, 0.3) is 5.71 Å². The maximum atomic E-state index is 12.3. The average molecular weight is 379 g/mol. The van der Waals surface area contributed by atoms with Crippen LogP contribution in [0.25, 0.3) is 11.1 Å². The van der Waals surface area contributed by atoms with Gasteiger partial charge in [-0.05, 0) is 37.8 Å². The number of anilines is 1. The molecule has 28 heavy (non-hydrogen) atoms. The lowest BCUT2D eigenvalue weighted by molar-refractivity contribution is -0.121. The van der Waals surface area contributed by atoms with Crippen molar-refractivity contribution in [3.8, 4) is 0 Å². The maximum Gasteiger partial charge on any atom is 0.263 e. The van der Waals surface area contributed by atoms with Crippen molar-refractivity contribution in [2.24, 2.45) is 0 Å². The van der Waals surface area contributed by atoms with E-state index in [0.717, 1.165) is 48.4 Å². The minimum absolute atomic E-state index is 0.0107. The molecule has 0 radical (unpaired) electrons. The fraction of sp³-hybridized carbons (Fsp3) is 0.429. The number of aryl methyl sites for hydroxylation is 3. The van der Waals surface area contributed by atoms with Gasteiger partial charge in [0, 0.05) is 32.5 Å². The Kier molecular flexibility index (Phi) is 5.23. The van der Waals surface area contributed by atoms with Gasteiger partial charge in [-0.2, -0.15) is 4.98 Å². The summed E-state index contributed by atoms with van der Waals surface area (Å²) in [6.07, 6.45) is 3.12. The minimum atomic E-state index is -0.0107. The van der Waals surface area contributed by atoms with E-state index in [1.54, 1.807) is 0 Å². The molecule has 7 nitrogen and oxygen atoms in total. The highest BCUT2D eigenvalue weighted by Crippen LogP contribution is 2.29. The molecule has 1 aliphatic rings. The first-order valence-electron chi connectivity index (χ1n) is 9.81. The second kappa shape index (κ2) is 7.96. The SMILES string of the molecule is Cc1ccccc1CNC(=O)CCc1nc(N2CCCC2)c2c(C)noc2n1. The molecule has 1 N–H and O–H groups in total. The third-order valence-electron chi connectivity index (χ3n) is 5.25. The lowest BCUT2D eigenvalue weighted by atomic mass is 10.1. The number of hydrogen-bond donors (Lipinski definition) is 1. The Morgan fingerprint density at radius 3 is 2.75 bits per heavy atom. The topological polar surface area (TPSA) is 84.2 Å². The van der Waals surface area contributed by atoms with Gasteiger partial charge in [-0.15, -0.1) is 0 Å². The summed E-state index contributed by atoms with van der Waals surface area (Å²) in [6, 6.07) is 8.05. The lowest BCUT2D eigenvalue weighted by Gasteiger charge is -2.17. The van der Waals surface area contributed by atoms with E-state index < -0.39 is 0 Å². The van der Waals surface area contributed by atoms with Crippen LogP contribution in [0.2, 0.25) is 0 Å². The number of nitrogens with zero attached hydrogens (tertiary/aromatic N) is 4. The predicted octanol–water partition coefficient (Wildman–Crippen LogP) is 3.08. The van der Waals surface area contributed by atoms with E-state index in [0.29, 0.717) is 30.9 Å².